The number of hydrogen-bond donors (Lipinski definition) is 1. The van der Waals surface area contributed by atoms with Gasteiger partial charge in [-0.15, -0.1) is 0 Å². The van der Waals surface area contributed by atoms with Crippen LogP contribution in [0, 0.1) is 29.6 Å². The van der Waals surface area contributed by atoms with E-state index in [9.17, 15) is 4.79 Å². The van der Waals surface area contributed by atoms with Crippen LogP contribution in [-0.4, -0.2) is 11.1 Å². The van der Waals surface area contributed by atoms with Gasteiger partial charge in [-0.3, -0.25) is 4.79 Å². The monoisotopic (exact) mass is 152 g/mol. The third kappa shape index (κ3) is 0.608. The molecule has 60 valence electrons. The first kappa shape index (κ1) is 6.04. The first-order valence-electron chi connectivity index (χ1n) is 4.50. The van der Waals surface area contributed by atoms with E-state index in [0.717, 1.165) is 24.2 Å². The Morgan fingerprint density at radius 2 is 1.91 bits per heavy atom. The van der Waals surface area contributed by atoms with E-state index in [1.165, 1.54) is 12.8 Å². The molecule has 0 heterocycles. The van der Waals surface area contributed by atoms with Crippen molar-refractivity contribution < 1.29 is 9.90 Å². The molecule has 0 aromatic heterocycles. The van der Waals surface area contributed by atoms with E-state index in [2.05, 4.69) is 0 Å². The second-order valence-corrected chi connectivity index (χ2v) is 4.40. The fourth-order valence-electron chi connectivity index (χ4n) is 3.49. The van der Waals surface area contributed by atoms with Crippen molar-refractivity contribution in [2.75, 3.05) is 0 Å². The number of carboxylic acid groups (broad SMARTS) is 1. The van der Waals surface area contributed by atoms with E-state index >= 15 is 0 Å². The predicted octanol–water partition coefficient (Wildman–Crippen LogP) is 1.36. The van der Waals surface area contributed by atoms with Gasteiger partial charge in [-0.05, 0) is 42.9 Å². The third-order valence-electron chi connectivity index (χ3n) is 4.01. The Kier molecular flexibility index (Phi) is 0.890. The van der Waals surface area contributed by atoms with Crippen molar-refractivity contribution >= 4 is 5.97 Å². The second-order valence-electron chi connectivity index (χ2n) is 4.40. The largest absolute Gasteiger partial charge is 0.481 e. The smallest absolute Gasteiger partial charge is 0.306 e. The van der Waals surface area contributed by atoms with E-state index in [1.54, 1.807) is 0 Å². The Morgan fingerprint density at radius 1 is 1.09 bits per heavy atom. The highest BCUT2D eigenvalue weighted by Crippen LogP contribution is 2.67. The molecule has 3 rings (SSSR count). The summed E-state index contributed by atoms with van der Waals surface area (Å²) in [5.41, 5.74) is 0. The lowest BCUT2D eigenvalue weighted by Gasteiger charge is -2.15. The number of fused-ring (bicyclic) bond motifs is 5. The first-order chi connectivity index (χ1) is 5.27. The van der Waals surface area contributed by atoms with Crippen LogP contribution in [0.15, 0.2) is 0 Å². The molecule has 0 aromatic carbocycles. The van der Waals surface area contributed by atoms with Gasteiger partial charge in [0.2, 0.25) is 0 Å². The van der Waals surface area contributed by atoms with Crippen molar-refractivity contribution in [2.24, 2.45) is 29.6 Å². The Morgan fingerprint density at radius 3 is 2.45 bits per heavy atom. The number of carboxylic acids is 1. The molecule has 0 spiro atoms. The molecule has 3 fully saturated rings. The van der Waals surface area contributed by atoms with Gasteiger partial charge in [0, 0.05) is 0 Å². The molecule has 1 N–H and O–H groups in total. The molecule has 5 unspecified atom stereocenters. The van der Waals surface area contributed by atoms with Gasteiger partial charge in [0.25, 0.3) is 0 Å². The van der Waals surface area contributed by atoms with Crippen molar-refractivity contribution in [3.8, 4) is 0 Å². The molecular weight excluding hydrogens is 140 g/mol. The summed E-state index contributed by atoms with van der Waals surface area (Å²) in [4.78, 5) is 10.8. The van der Waals surface area contributed by atoms with Gasteiger partial charge in [-0.2, -0.15) is 0 Å². The quantitative estimate of drug-likeness (QED) is 0.616. The molecule has 5 atom stereocenters. The number of rotatable bonds is 1. The Balaban J connectivity index is 1.87. The maximum absolute atomic E-state index is 10.8. The van der Waals surface area contributed by atoms with E-state index in [1.807, 2.05) is 0 Å². The van der Waals surface area contributed by atoms with Crippen molar-refractivity contribution in [3.05, 3.63) is 0 Å². The minimum Gasteiger partial charge on any atom is -0.481 e. The topological polar surface area (TPSA) is 37.3 Å². The van der Waals surface area contributed by atoms with Crippen molar-refractivity contribution in [1.29, 1.82) is 0 Å². The van der Waals surface area contributed by atoms with Crippen LogP contribution < -0.4 is 0 Å². The minimum absolute atomic E-state index is 0.0312. The average Bonchev–Trinajstić information content (AvgIpc) is 2.57. The fraction of sp³-hybridized carbons (Fsp3) is 0.889. The lowest BCUT2D eigenvalue weighted by molar-refractivity contribution is -0.143. The summed E-state index contributed by atoms with van der Waals surface area (Å²) in [7, 11) is 0. The van der Waals surface area contributed by atoms with E-state index in [-0.39, 0.29) is 5.92 Å². The normalized spacial score (nSPS) is 57.6. The van der Waals surface area contributed by atoms with Crippen molar-refractivity contribution in [2.45, 2.75) is 19.3 Å². The van der Waals surface area contributed by atoms with E-state index in [4.69, 9.17) is 5.11 Å². The summed E-state index contributed by atoms with van der Waals surface area (Å²) in [6, 6.07) is 0. The van der Waals surface area contributed by atoms with E-state index in [0.29, 0.717) is 5.92 Å². The summed E-state index contributed by atoms with van der Waals surface area (Å²) in [5.74, 6) is 2.64. The first-order valence-corrected chi connectivity index (χ1v) is 4.50. The molecule has 0 aromatic rings. The van der Waals surface area contributed by atoms with Crippen LogP contribution in [0.3, 0.4) is 0 Å². The zero-order valence-electron chi connectivity index (χ0n) is 6.36. The zero-order valence-corrected chi connectivity index (χ0v) is 6.36. The van der Waals surface area contributed by atoms with Crippen molar-refractivity contribution in [3.63, 3.8) is 0 Å². The molecule has 0 radical (unpaired) electrons. The molecular formula is C9H12O2. The molecule has 3 saturated carbocycles. The van der Waals surface area contributed by atoms with Crippen LogP contribution >= 0.6 is 0 Å². The maximum Gasteiger partial charge on any atom is 0.306 e. The van der Waals surface area contributed by atoms with Crippen LogP contribution in [0.5, 0.6) is 0 Å². The Hall–Kier alpha value is -0.530. The highest BCUT2D eigenvalue weighted by atomic mass is 16.4. The molecule has 11 heavy (non-hydrogen) atoms. The number of hydrogen-bond acceptors (Lipinski definition) is 1. The molecule has 0 saturated heterocycles. The summed E-state index contributed by atoms with van der Waals surface area (Å²) in [6.45, 7) is 0. The standard InChI is InChI=1S/C9H12O2/c10-9(11)8-2-4-1-6(8)7-3-5(4)7/h4-8H,1-3H2,(H,10,11). The number of carbonyl (C=O) groups is 1. The van der Waals surface area contributed by atoms with Gasteiger partial charge >= 0.3 is 5.97 Å². The summed E-state index contributed by atoms with van der Waals surface area (Å²) in [6.07, 6.45) is 3.56. The highest BCUT2D eigenvalue weighted by molar-refractivity contribution is 5.71. The van der Waals surface area contributed by atoms with Crippen LogP contribution in [0.25, 0.3) is 0 Å². The Bertz CT molecular complexity index is 224. The molecule has 0 amide bonds. The fourth-order valence-corrected chi connectivity index (χ4v) is 3.49. The van der Waals surface area contributed by atoms with E-state index < -0.39 is 5.97 Å². The Labute approximate surface area is 65.6 Å². The van der Waals surface area contributed by atoms with Gasteiger partial charge < -0.3 is 5.11 Å². The summed E-state index contributed by atoms with van der Waals surface area (Å²) < 4.78 is 0. The SMILES string of the molecule is O=C(O)C1CC2CC1C1CC21. The van der Waals surface area contributed by atoms with Gasteiger partial charge in [-0.25, -0.2) is 0 Å². The van der Waals surface area contributed by atoms with Crippen LogP contribution in [-0.2, 0) is 4.79 Å². The number of aliphatic carboxylic acids is 1. The van der Waals surface area contributed by atoms with Gasteiger partial charge in [0.05, 0.1) is 5.92 Å². The van der Waals surface area contributed by atoms with Crippen LogP contribution in [0.2, 0.25) is 0 Å². The molecule has 2 heteroatoms. The molecule has 3 aliphatic carbocycles. The molecule has 3 aliphatic rings. The lowest BCUT2D eigenvalue weighted by atomic mass is 9.89. The second kappa shape index (κ2) is 1.62. The summed E-state index contributed by atoms with van der Waals surface area (Å²) >= 11 is 0. The lowest BCUT2D eigenvalue weighted by Crippen LogP contribution is -2.21. The maximum atomic E-state index is 10.8. The highest BCUT2D eigenvalue weighted by Gasteiger charge is 2.62. The third-order valence-corrected chi connectivity index (χ3v) is 4.01. The van der Waals surface area contributed by atoms with Crippen molar-refractivity contribution in [1.82, 2.24) is 0 Å². The van der Waals surface area contributed by atoms with Crippen LogP contribution in [0.4, 0.5) is 0 Å². The summed E-state index contributed by atoms with van der Waals surface area (Å²) in [5, 5.41) is 8.87. The van der Waals surface area contributed by atoms with Gasteiger partial charge in [0.1, 0.15) is 0 Å². The van der Waals surface area contributed by atoms with Crippen LogP contribution in [0.1, 0.15) is 19.3 Å². The predicted molar refractivity (Wildman–Crippen MR) is 38.9 cm³/mol. The zero-order chi connectivity index (χ0) is 7.59. The molecule has 2 nitrogen and oxygen atoms in total. The molecule has 0 aliphatic heterocycles. The average molecular weight is 152 g/mol. The minimum atomic E-state index is -0.539. The van der Waals surface area contributed by atoms with Gasteiger partial charge in [-0.1, -0.05) is 0 Å². The molecule has 2 bridgehead atoms. The van der Waals surface area contributed by atoms with Gasteiger partial charge in [0.15, 0.2) is 0 Å².